The van der Waals surface area contributed by atoms with E-state index < -0.39 is 12.7 Å². The molecule has 0 heterocycles. The van der Waals surface area contributed by atoms with E-state index in [2.05, 4.69) is 5.32 Å². The number of likely N-dealkylation sites (N-methyl/N-ethyl adjacent to an activating group) is 2. The average molecular weight is 274 g/mol. The first-order valence-electron chi connectivity index (χ1n) is 6.40. The van der Waals surface area contributed by atoms with Gasteiger partial charge in [0.2, 0.25) is 0 Å². The summed E-state index contributed by atoms with van der Waals surface area (Å²) >= 11 is 0. The minimum atomic E-state index is -4.17. The van der Waals surface area contributed by atoms with Crippen molar-refractivity contribution in [2.75, 3.05) is 20.1 Å². The number of benzene rings is 1. The number of nitrogens with zero attached hydrogens (tertiary/aromatic N) is 1. The molecule has 1 aromatic rings. The third-order valence-electron chi connectivity index (χ3n) is 3.19. The Morgan fingerprint density at radius 2 is 1.79 bits per heavy atom. The van der Waals surface area contributed by atoms with Crippen molar-refractivity contribution in [1.82, 2.24) is 10.2 Å². The zero-order valence-electron chi connectivity index (χ0n) is 11.5. The minimum absolute atomic E-state index is 0.112. The van der Waals surface area contributed by atoms with Gasteiger partial charge in [-0.05, 0) is 26.1 Å². The lowest BCUT2D eigenvalue weighted by atomic mass is 9.99. The molecule has 0 saturated carbocycles. The summed E-state index contributed by atoms with van der Waals surface area (Å²) in [7, 11) is 1.51. The van der Waals surface area contributed by atoms with E-state index in [1.165, 1.54) is 11.9 Å². The van der Waals surface area contributed by atoms with Gasteiger partial charge in [0, 0.05) is 12.1 Å². The second-order valence-electron chi connectivity index (χ2n) is 4.72. The monoisotopic (exact) mass is 274 g/mol. The van der Waals surface area contributed by atoms with Crippen LogP contribution in [-0.4, -0.2) is 37.3 Å². The molecule has 0 fully saturated rings. The summed E-state index contributed by atoms with van der Waals surface area (Å²) in [4.78, 5) is 1.33. The molecule has 19 heavy (non-hydrogen) atoms. The molecule has 1 N–H and O–H groups in total. The molecule has 0 spiro atoms. The van der Waals surface area contributed by atoms with E-state index >= 15 is 0 Å². The van der Waals surface area contributed by atoms with Crippen molar-refractivity contribution < 1.29 is 13.2 Å². The van der Waals surface area contributed by atoms with Crippen molar-refractivity contribution in [2.24, 2.45) is 0 Å². The lowest BCUT2D eigenvalue weighted by Gasteiger charge is -2.33. The molecule has 2 atom stereocenters. The summed E-state index contributed by atoms with van der Waals surface area (Å²) < 4.78 is 37.4. The average Bonchev–Trinajstić information content (AvgIpc) is 2.34. The second-order valence-corrected chi connectivity index (χ2v) is 4.72. The van der Waals surface area contributed by atoms with Gasteiger partial charge in [0.25, 0.3) is 0 Å². The van der Waals surface area contributed by atoms with Crippen molar-refractivity contribution in [3.05, 3.63) is 35.9 Å². The van der Waals surface area contributed by atoms with Crippen molar-refractivity contribution >= 4 is 0 Å². The van der Waals surface area contributed by atoms with Crippen LogP contribution in [0.1, 0.15) is 25.5 Å². The topological polar surface area (TPSA) is 15.3 Å². The van der Waals surface area contributed by atoms with E-state index in [0.29, 0.717) is 6.54 Å². The van der Waals surface area contributed by atoms with Crippen LogP contribution >= 0.6 is 0 Å². The fourth-order valence-electron chi connectivity index (χ4n) is 2.13. The SMILES string of the molecule is CCNC(c1ccccc1)C(C)N(C)CC(F)(F)F. The number of hydrogen-bond acceptors (Lipinski definition) is 2. The van der Waals surface area contributed by atoms with Gasteiger partial charge in [0.05, 0.1) is 6.54 Å². The maximum absolute atomic E-state index is 12.5. The van der Waals surface area contributed by atoms with Crippen LogP contribution < -0.4 is 5.32 Å². The molecule has 0 aliphatic rings. The first-order valence-corrected chi connectivity index (χ1v) is 6.40. The standard InChI is InChI=1S/C14H21F3N2/c1-4-18-13(12-8-6-5-7-9-12)11(2)19(3)10-14(15,16)17/h5-9,11,13,18H,4,10H2,1-3H3. The zero-order valence-corrected chi connectivity index (χ0v) is 11.5. The maximum Gasteiger partial charge on any atom is 0.401 e. The Kier molecular flexibility index (Phi) is 5.82. The van der Waals surface area contributed by atoms with Crippen LogP contribution in [0.2, 0.25) is 0 Å². The van der Waals surface area contributed by atoms with Gasteiger partial charge in [-0.2, -0.15) is 13.2 Å². The molecular weight excluding hydrogens is 253 g/mol. The Balaban J connectivity index is 2.81. The van der Waals surface area contributed by atoms with Gasteiger partial charge in [0.1, 0.15) is 0 Å². The largest absolute Gasteiger partial charge is 0.401 e. The molecular formula is C14H21F3N2. The van der Waals surface area contributed by atoms with E-state index in [9.17, 15) is 13.2 Å². The zero-order chi connectivity index (χ0) is 14.5. The van der Waals surface area contributed by atoms with Crippen LogP contribution in [0.25, 0.3) is 0 Å². The summed E-state index contributed by atoms with van der Waals surface area (Å²) in [6.45, 7) is 3.57. The summed E-state index contributed by atoms with van der Waals surface area (Å²) in [6, 6.07) is 9.21. The van der Waals surface area contributed by atoms with Crippen LogP contribution in [0.4, 0.5) is 13.2 Å². The Morgan fingerprint density at radius 3 is 2.26 bits per heavy atom. The maximum atomic E-state index is 12.5. The van der Waals surface area contributed by atoms with Gasteiger partial charge in [-0.1, -0.05) is 37.3 Å². The molecule has 0 aliphatic heterocycles. The van der Waals surface area contributed by atoms with Gasteiger partial charge in [0.15, 0.2) is 0 Å². The van der Waals surface area contributed by atoms with Gasteiger partial charge in [-0.15, -0.1) is 0 Å². The molecule has 0 bridgehead atoms. The van der Waals surface area contributed by atoms with Crippen LogP contribution in [0.3, 0.4) is 0 Å². The Labute approximate surface area is 112 Å². The second kappa shape index (κ2) is 6.91. The Morgan fingerprint density at radius 1 is 1.21 bits per heavy atom. The quantitative estimate of drug-likeness (QED) is 0.857. The number of rotatable bonds is 6. The third-order valence-corrected chi connectivity index (χ3v) is 3.19. The van der Waals surface area contributed by atoms with Crippen molar-refractivity contribution in [2.45, 2.75) is 32.1 Å². The molecule has 0 aromatic heterocycles. The minimum Gasteiger partial charge on any atom is -0.309 e. The molecule has 2 unspecified atom stereocenters. The van der Waals surface area contributed by atoms with Crippen LogP contribution in [0.5, 0.6) is 0 Å². The summed E-state index contributed by atoms with van der Waals surface area (Å²) in [6.07, 6.45) is -4.17. The highest BCUT2D eigenvalue weighted by Crippen LogP contribution is 2.23. The number of nitrogens with one attached hydrogen (secondary N) is 1. The van der Waals surface area contributed by atoms with E-state index in [0.717, 1.165) is 5.56 Å². The lowest BCUT2D eigenvalue weighted by Crippen LogP contribution is -2.44. The first-order chi connectivity index (χ1) is 8.85. The van der Waals surface area contributed by atoms with Crippen molar-refractivity contribution in [3.63, 3.8) is 0 Å². The smallest absolute Gasteiger partial charge is 0.309 e. The van der Waals surface area contributed by atoms with Crippen LogP contribution in [-0.2, 0) is 0 Å². The van der Waals surface area contributed by atoms with Crippen LogP contribution in [0, 0.1) is 0 Å². The fourth-order valence-corrected chi connectivity index (χ4v) is 2.13. The molecule has 1 aromatic carbocycles. The van der Waals surface area contributed by atoms with E-state index in [1.54, 1.807) is 0 Å². The predicted molar refractivity (Wildman–Crippen MR) is 71.0 cm³/mol. The summed E-state index contributed by atoms with van der Waals surface area (Å²) in [5, 5.41) is 3.26. The lowest BCUT2D eigenvalue weighted by molar-refractivity contribution is -0.148. The van der Waals surface area contributed by atoms with Gasteiger partial charge in [-0.3, -0.25) is 4.90 Å². The predicted octanol–water partition coefficient (Wildman–Crippen LogP) is 3.22. The number of hydrogen-bond donors (Lipinski definition) is 1. The molecule has 0 aliphatic carbocycles. The number of halogens is 3. The fraction of sp³-hybridized carbons (Fsp3) is 0.571. The number of alkyl halides is 3. The van der Waals surface area contributed by atoms with Gasteiger partial charge >= 0.3 is 6.18 Å². The molecule has 1 rings (SSSR count). The molecule has 5 heteroatoms. The third kappa shape index (κ3) is 5.20. The van der Waals surface area contributed by atoms with E-state index in [4.69, 9.17) is 0 Å². The summed E-state index contributed by atoms with van der Waals surface area (Å²) in [5.41, 5.74) is 1.01. The van der Waals surface area contributed by atoms with Gasteiger partial charge < -0.3 is 5.32 Å². The Hall–Kier alpha value is -1.07. The van der Waals surface area contributed by atoms with Crippen LogP contribution in [0.15, 0.2) is 30.3 Å². The molecule has 108 valence electrons. The first kappa shape index (κ1) is 16.0. The molecule has 0 saturated heterocycles. The highest BCUT2D eigenvalue weighted by molar-refractivity contribution is 5.20. The van der Waals surface area contributed by atoms with Crippen molar-refractivity contribution in [1.29, 1.82) is 0 Å². The van der Waals surface area contributed by atoms with Gasteiger partial charge in [-0.25, -0.2) is 0 Å². The summed E-state index contributed by atoms with van der Waals surface area (Å²) in [5.74, 6) is 0. The normalized spacial score (nSPS) is 15.5. The highest BCUT2D eigenvalue weighted by atomic mass is 19.4. The van der Waals surface area contributed by atoms with Crippen molar-refractivity contribution in [3.8, 4) is 0 Å². The molecule has 0 amide bonds. The Bertz CT molecular complexity index is 365. The highest BCUT2D eigenvalue weighted by Gasteiger charge is 2.33. The molecule has 2 nitrogen and oxygen atoms in total. The molecule has 0 radical (unpaired) electrons. The van der Waals surface area contributed by atoms with E-state index in [1.807, 2.05) is 44.2 Å². The van der Waals surface area contributed by atoms with E-state index in [-0.39, 0.29) is 12.1 Å².